The number of methoxy groups -OCH3 is 1. The predicted octanol–water partition coefficient (Wildman–Crippen LogP) is 3.19. The zero-order chi connectivity index (χ0) is 13.5. The number of rotatable bonds is 5. The van der Waals surface area contributed by atoms with Gasteiger partial charge in [-0.2, -0.15) is 5.26 Å². The van der Waals surface area contributed by atoms with Crippen molar-refractivity contribution in [1.29, 1.82) is 5.26 Å². The molecule has 0 saturated heterocycles. The average Bonchev–Trinajstić information content (AvgIpc) is 2.48. The van der Waals surface area contributed by atoms with E-state index in [0.29, 0.717) is 23.7 Å². The smallest absolute Gasteiger partial charge is 0.178 e. The molecule has 0 atom stereocenters. The number of hydrogen-bond donors (Lipinski definition) is 0. The number of para-hydroxylation sites is 1. The molecule has 96 valence electrons. The second kappa shape index (κ2) is 6.46. The number of hydrogen-bond acceptors (Lipinski definition) is 3. The van der Waals surface area contributed by atoms with Crippen LogP contribution in [0.15, 0.2) is 48.5 Å². The van der Waals surface area contributed by atoms with Crippen LogP contribution in [0, 0.1) is 11.3 Å². The molecule has 0 bridgehead atoms. The first kappa shape index (κ1) is 13.0. The van der Waals surface area contributed by atoms with Crippen LogP contribution in [0.25, 0.3) is 0 Å². The van der Waals surface area contributed by atoms with Crippen LogP contribution >= 0.6 is 0 Å². The minimum atomic E-state index is 0.493. The third-order valence-corrected chi connectivity index (χ3v) is 2.80. The third kappa shape index (κ3) is 3.26. The number of nitrogens with zero attached hydrogens (tertiary/aromatic N) is 1. The van der Waals surface area contributed by atoms with Gasteiger partial charge >= 0.3 is 0 Å². The molecule has 0 aliphatic carbocycles. The van der Waals surface area contributed by atoms with Gasteiger partial charge in [-0.1, -0.05) is 36.4 Å². The minimum absolute atomic E-state index is 0.493. The van der Waals surface area contributed by atoms with Crippen molar-refractivity contribution in [2.24, 2.45) is 0 Å². The van der Waals surface area contributed by atoms with Gasteiger partial charge in [-0.05, 0) is 17.7 Å². The zero-order valence-electron chi connectivity index (χ0n) is 10.8. The summed E-state index contributed by atoms with van der Waals surface area (Å²) in [7, 11) is 1.57. The van der Waals surface area contributed by atoms with E-state index < -0.39 is 0 Å². The summed E-state index contributed by atoms with van der Waals surface area (Å²) in [4.78, 5) is 0. The molecule has 3 heteroatoms. The standard InChI is InChI=1S/C16H15NO2/c1-18-15-9-5-8-14(12-17)16(15)19-11-10-13-6-3-2-4-7-13/h2-9H,10-11H2,1H3. The van der Waals surface area contributed by atoms with Crippen molar-refractivity contribution in [3.8, 4) is 17.6 Å². The fourth-order valence-corrected chi connectivity index (χ4v) is 1.83. The third-order valence-electron chi connectivity index (χ3n) is 2.80. The van der Waals surface area contributed by atoms with E-state index in [9.17, 15) is 0 Å². The van der Waals surface area contributed by atoms with Crippen molar-refractivity contribution in [2.75, 3.05) is 13.7 Å². The highest BCUT2D eigenvalue weighted by Crippen LogP contribution is 2.30. The maximum absolute atomic E-state index is 9.07. The van der Waals surface area contributed by atoms with E-state index >= 15 is 0 Å². The van der Waals surface area contributed by atoms with E-state index in [1.165, 1.54) is 5.56 Å². The van der Waals surface area contributed by atoms with Crippen LogP contribution in [0.2, 0.25) is 0 Å². The Kier molecular flexibility index (Phi) is 4.41. The molecule has 0 aromatic heterocycles. The molecule has 0 unspecified atom stereocenters. The summed E-state index contributed by atoms with van der Waals surface area (Å²) in [6.45, 7) is 0.513. The Morgan fingerprint density at radius 1 is 1.05 bits per heavy atom. The van der Waals surface area contributed by atoms with E-state index in [0.717, 1.165) is 6.42 Å². The fourth-order valence-electron chi connectivity index (χ4n) is 1.83. The van der Waals surface area contributed by atoms with Gasteiger partial charge in [0.25, 0.3) is 0 Å². The molecule has 0 amide bonds. The summed E-state index contributed by atoms with van der Waals surface area (Å²) in [5.74, 6) is 1.11. The van der Waals surface area contributed by atoms with Crippen LogP contribution < -0.4 is 9.47 Å². The van der Waals surface area contributed by atoms with Crippen LogP contribution in [0.4, 0.5) is 0 Å². The van der Waals surface area contributed by atoms with Crippen LogP contribution in [0.5, 0.6) is 11.5 Å². The van der Waals surface area contributed by atoms with Gasteiger partial charge in [0.05, 0.1) is 19.3 Å². The summed E-state index contributed by atoms with van der Waals surface area (Å²) < 4.78 is 10.9. The first-order valence-corrected chi connectivity index (χ1v) is 6.09. The second-order valence-electron chi connectivity index (χ2n) is 4.03. The van der Waals surface area contributed by atoms with Gasteiger partial charge in [-0.3, -0.25) is 0 Å². The lowest BCUT2D eigenvalue weighted by molar-refractivity contribution is 0.297. The first-order valence-electron chi connectivity index (χ1n) is 6.09. The molecule has 0 fully saturated rings. The second-order valence-corrected chi connectivity index (χ2v) is 4.03. The SMILES string of the molecule is COc1cccc(C#N)c1OCCc1ccccc1. The molecule has 2 aromatic rings. The lowest BCUT2D eigenvalue weighted by Gasteiger charge is -2.11. The summed E-state index contributed by atoms with van der Waals surface area (Å²) in [5, 5.41) is 9.07. The first-order chi connectivity index (χ1) is 9.35. The van der Waals surface area contributed by atoms with E-state index in [4.69, 9.17) is 14.7 Å². The summed E-state index contributed by atoms with van der Waals surface area (Å²) in [6.07, 6.45) is 0.795. The molecule has 0 spiro atoms. The Hall–Kier alpha value is -2.47. The van der Waals surface area contributed by atoms with Gasteiger partial charge in [0.2, 0.25) is 0 Å². The van der Waals surface area contributed by atoms with E-state index in [-0.39, 0.29) is 0 Å². The average molecular weight is 253 g/mol. The Balaban J connectivity index is 2.05. The molecule has 3 nitrogen and oxygen atoms in total. The minimum Gasteiger partial charge on any atom is -0.493 e. The van der Waals surface area contributed by atoms with Crippen molar-refractivity contribution in [2.45, 2.75) is 6.42 Å². The maximum Gasteiger partial charge on any atom is 0.178 e. The van der Waals surface area contributed by atoms with Crippen LogP contribution in [0.1, 0.15) is 11.1 Å². The molecule has 0 N–H and O–H groups in total. The van der Waals surface area contributed by atoms with Gasteiger partial charge in [-0.15, -0.1) is 0 Å². The monoisotopic (exact) mass is 253 g/mol. The van der Waals surface area contributed by atoms with Crippen molar-refractivity contribution in [3.63, 3.8) is 0 Å². The zero-order valence-corrected chi connectivity index (χ0v) is 10.8. The highest BCUT2D eigenvalue weighted by atomic mass is 16.5. The summed E-state index contributed by atoms with van der Waals surface area (Å²) in [6, 6.07) is 17.5. The van der Waals surface area contributed by atoms with E-state index in [1.807, 2.05) is 18.2 Å². The Morgan fingerprint density at radius 3 is 2.53 bits per heavy atom. The van der Waals surface area contributed by atoms with Gasteiger partial charge < -0.3 is 9.47 Å². The van der Waals surface area contributed by atoms with Crippen molar-refractivity contribution in [1.82, 2.24) is 0 Å². The summed E-state index contributed by atoms with van der Waals surface area (Å²) in [5.41, 5.74) is 1.70. The Bertz CT molecular complexity index is 573. The Morgan fingerprint density at radius 2 is 1.84 bits per heavy atom. The van der Waals surface area contributed by atoms with Crippen molar-refractivity contribution < 1.29 is 9.47 Å². The van der Waals surface area contributed by atoms with Crippen molar-refractivity contribution in [3.05, 3.63) is 59.7 Å². The van der Waals surface area contributed by atoms with Crippen LogP contribution in [-0.2, 0) is 6.42 Å². The summed E-state index contributed by atoms with van der Waals surface area (Å²) >= 11 is 0. The number of nitriles is 1. The van der Waals surface area contributed by atoms with Gasteiger partial charge in [-0.25, -0.2) is 0 Å². The molecule has 0 aliphatic heterocycles. The lowest BCUT2D eigenvalue weighted by Crippen LogP contribution is -2.04. The van der Waals surface area contributed by atoms with Crippen LogP contribution in [-0.4, -0.2) is 13.7 Å². The molecule has 0 radical (unpaired) electrons. The molecule has 19 heavy (non-hydrogen) atoms. The molecular formula is C16H15NO2. The highest BCUT2D eigenvalue weighted by molar-refractivity contribution is 5.52. The normalized spacial score (nSPS) is 9.68. The molecule has 2 aromatic carbocycles. The number of ether oxygens (including phenoxy) is 2. The lowest BCUT2D eigenvalue weighted by atomic mass is 10.1. The Labute approximate surface area is 113 Å². The molecular weight excluding hydrogens is 238 g/mol. The van der Waals surface area contributed by atoms with E-state index in [2.05, 4.69) is 18.2 Å². The van der Waals surface area contributed by atoms with Gasteiger partial charge in [0, 0.05) is 6.42 Å². The fraction of sp³-hybridized carbons (Fsp3) is 0.188. The predicted molar refractivity (Wildman–Crippen MR) is 73.4 cm³/mol. The highest BCUT2D eigenvalue weighted by Gasteiger charge is 2.09. The molecule has 0 aliphatic rings. The number of benzene rings is 2. The van der Waals surface area contributed by atoms with E-state index in [1.54, 1.807) is 25.3 Å². The molecule has 2 rings (SSSR count). The molecule has 0 saturated carbocycles. The van der Waals surface area contributed by atoms with Gasteiger partial charge in [0.1, 0.15) is 6.07 Å². The quantitative estimate of drug-likeness (QED) is 0.821. The van der Waals surface area contributed by atoms with Crippen molar-refractivity contribution >= 4 is 0 Å². The largest absolute Gasteiger partial charge is 0.493 e. The maximum atomic E-state index is 9.07. The van der Waals surface area contributed by atoms with Gasteiger partial charge in [0.15, 0.2) is 11.5 Å². The van der Waals surface area contributed by atoms with Crippen LogP contribution in [0.3, 0.4) is 0 Å². The topological polar surface area (TPSA) is 42.2 Å². The molecule has 0 heterocycles.